The van der Waals surface area contributed by atoms with Crippen LogP contribution in [0.25, 0.3) is 6.08 Å². The summed E-state index contributed by atoms with van der Waals surface area (Å²) in [5.41, 5.74) is 0.995. The molecule has 48 heavy (non-hydrogen) atoms. The number of aromatic nitrogens is 1. The summed E-state index contributed by atoms with van der Waals surface area (Å²) in [5.74, 6) is -0.224. The third-order valence-corrected chi connectivity index (χ3v) is 22.2. The monoisotopic (exact) mass is 720 g/mol. The van der Waals surface area contributed by atoms with E-state index in [2.05, 4.69) is 71.8 Å². The van der Waals surface area contributed by atoms with E-state index in [0.717, 1.165) is 78.2 Å². The van der Waals surface area contributed by atoms with Gasteiger partial charge in [-0.2, -0.15) is 0 Å². The minimum absolute atomic E-state index is 0.0555. The fourth-order valence-electron chi connectivity index (χ4n) is 7.89. The zero-order valence-corrected chi connectivity index (χ0v) is 35.2. The Morgan fingerprint density at radius 3 is 2.10 bits per heavy atom. The number of Topliss-reactive ketones (excluding diaryl/α,β-unsaturated/α-hetero) is 1. The van der Waals surface area contributed by atoms with Crippen LogP contribution in [0.2, 0.25) is 36.3 Å². The average Bonchev–Trinajstić information content (AvgIpc) is 3.68. The van der Waals surface area contributed by atoms with Crippen molar-refractivity contribution >= 4 is 45.8 Å². The molecular formula is C38H68N2O5SSi2. The summed E-state index contributed by atoms with van der Waals surface area (Å²) in [6.07, 6.45) is 4.90. The molecule has 3 rings (SSSR count). The Kier molecular flexibility index (Phi) is 15.3. The first-order valence-electron chi connectivity index (χ1n) is 19.1. The molecule has 2 saturated heterocycles. The van der Waals surface area contributed by atoms with Crippen LogP contribution in [0.1, 0.15) is 119 Å². The zero-order chi connectivity index (χ0) is 35.9. The third-order valence-electron chi connectivity index (χ3n) is 12.1. The van der Waals surface area contributed by atoms with Gasteiger partial charge < -0.3 is 18.9 Å². The van der Waals surface area contributed by atoms with Gasteiger partial charge in [0.05, 0.1) is 29.3 Å². The van der Waals surface area contributed by atoms with E-state index in [1.165, 1.54) is 0 Å². The van der Waals surface area contributed by atoms with Crippen molar-refractivity contribution in [3.63, 3.8) is 0 Å². The number of nitrogens with zero attached hydrogens (tertiary/aromatic N) is 1. The van der Waals surface area contributed by atoms with Crippen molar-refractivity contribution in [3.05, 3.63) is 21.7 Å². The predicted molar refractivity (Wildman–Crippen MR) is 205 cm³/mol. The minimum atomic E-state index is -2.19. The van der Waals surface area contributed by atoms with E-state index in [-0.39, 0.29) is 42.2 Å². The van der Waals surface area contributed by atoms with Gasteiger partial charge in [-0.05, 0) is 80.5 Å². The van der Waals surface area contributed by atoms with Crippen molar-refractivity contribution in [2.75, 3.05) is 0 Å². The molecule has 2 aliphatic heterocycles. The van der Waals surface area contributed by atoms with Gasteiger partial charge in [-0.3, -0.25) is 9.59 Å². The van der Waals surface area contributed by atoms with E-state index in [0.29, 0.717) is 12.1 Å². The van der Waals surface area contributed by atoms with Crippen molar-refractivity contribution in [2.24, 2.45) is 17.3 Å². The molecule has 274 valence electrons. The number of esters is 1. The summed E-state index contributed by atoms with van der Waals surface area (Å²) in [5, 5.41) is 6.74. The molecule has 0 aromatic carbocycles. The van der Waals surface area contributed by atoms with Gasteiger partial charge in [-0.25, -0.2) is 4.98 Å². The van der Waals surface area contributed by atoms with Gasteiger partial charge in [-0.15, -0.1) is 11.3 Å². The second-order valence-corrected chi connectivity index (χ2v) is 25.9. The van der Waals surface area contributed by atoms with Gasteiger partial charge in [0.1, 0.15) is 11.9 Å². The van der Waals surface area contributed by atoms with Gasteiger partial charge >= 0.3 is 5.97 Å². The molecule has 10 heteroatoms. The zero-order valence-electron chi connectivity index (χ0n) is 32.4. The smallest absolute Gasteiger partial charge is 0.309 e. The van der Waals surface area contributed by atoms with Crippen molar-refractivity contribution in [1.82, 2.24) is 10.3 Å². The van der Waals surface area contributed by atoms with Crippen molar-refractivity contribution in [2.45, 2.75) is 182 Å². The lowest BCUT2D eigenvalue weighted by Gasteiger charge is -2.44. The van der Waals surface area contributed by atoms with Crippen LogP contribution in [0.15, 0.2) is 11.0 Å². The molecule has 7 atom stereocenters. The van der Waals surface area contributed by atoms with Crippen molar-refractivity contribution in [1.29, 1.82) is 0 Å². The van der Waals surface area contributed by atoms with Crippen LogP contribution in [0.3, 0.4) is 0 Å². The van der Waals surface area contributed by atoms with Gasteiger partial charge in [0.2, 0.25) is 0 Å². The highest BCUT2D eigenvalue weighted by molar-refractivity contribution is 7.09. The Morgan fingerprint density at radius 2 is 1.56 bits per heavy atom. The Hall–Kier alpha value is -1.18. The van der Waals surface area contributed by atoms with Crippen LogP contribution in [0.4, 0.5) is 0 Å². The Balaban J connectivity index is 2.05. The highest BCUT2D eigenvalue weighted by Crippen LogP contribution is 2.40. The molecular weight excluding hydrogens is 653 g/mol. The topological polar surface area (TPSA) is 96.7 Å². The lowest BCUT2D eigenvalue weighted by Crippen LogP contribution is -2.53. The Morgan fingerprint density at radius 1 is 0.979 bits per heavy atom. The summed E-state index contributed by atoms with van der Waals surface area (Å²) in [6.45, 7) is 25.8. The molecule has 2 fully saturated rings. The van der Waals surface area contributed by atoms with Gasteiger partial charge in [-0.1, -0.05) is 75.7 Å². The lowest BCUT2D eigenvalue weighted by atomic mass is 9.73. The molecule has 0 amide bonds. The number of rotatable bonds is 12. The van der Waals surface area contributed by atoms with E-state index in [4.69, 9.17) is 13.6 Å². The van der Waals surface area contributed by atoms with Gasteiger partial charge in [0, 0.05) is 35.2 Å². The first-order chi connectivity index (χ1) is 22.6. The fourth-order valence-corrected chi connectivity index (χ4v) is 14.5. The number of hydrogen-bond acceptors (Lipinski definition) is 8. The van der Waals surface area contributed by atoms with Crippen LogP contribution in [0.5, 0.6) is 0 Å². The molecule has 0 bridgehead atoms. The van der Waals surface area contributed by atoms with E-state index >= 15 is 0 Å². The second-order valence-electron chi connectivity index (χ2n) is 15.4. The maximum atomic E-state index is 14.9. The standard InChI is InChI=1S/C38H68N2O5SSi2/c1-13-47(14-2,15-3)44-34-24-35(41)43-33(27(8)22-30-25-46-29(10)39-30)23-32-31(40-32)21-19-20-26(7)36(28(9)37(42)38(34,11)12)45-48(16-4,17-5)18-6/h22,25-26,28,31-34,36,40H,13-21,23-24H2,1-12H3/b27-22+/t26-,28+,31+,32?,33?,34-,36-/m0/s1. The van der Waals surface area contributed by atoms with E-state index < -0.39 is 28.2 Å². The normalized spacial score (nSPS) is 29.8. The molecule has 3 heterocycles. The number of aryl methyl sites for hydroxylation is 1. The quantitative estimate of drug-likeness (QED) is 0.130. The number of cyclic esters (lactones) is 1. The number of fused-ring (bicyclic) bond motifs is 1. The number of thiazole rings is 1. The number of ether oxygens (including phenoxy) is 1. The fraction of sp³-hybridized carbons (Fsp3) is 0.816. The summed E-state index contributed by atoms with van der Waals surface area (Å²) in [6, 6.07) is 6.70. The van der Waals surface area contributed by atoms with Crippen LogP contribution >= 0.6 is 11.3 Å². The third kappa shape index (κ3) is 10.2. The summed E-state index contributed by atoms with van der Waals surface area (Å²) < 4.78 is 20.7. The van der Waals surface area contributed by atoms with Gasteiger partial charge in [0.25, 0.3) is 0 Å². The maximum Gasteiger partial charge on any atom is 0.309 e. The van der Waals surface area contributed by atoms with Crippen LogP contribution < -0.4 is 5.32 Å². The van der Waals surface area contributed by atoms with E-state index in [1.54, 1.807) is 11.3 Å². The van der Waals surface area contributed by atoms with Crippen molar-refractivity contribution < 1.29 is 23.2 Å². The number of carbonyl (C=O) groups excluding carboxylic acids is 2. The molecule has 0 aliphatic carbocycles. The largest absolute Gasteiger partial charge is 0.458 e. The number of carbonyl (C=O) groups is 2. The average molecular weight is 721 g/mol. The second kappa shape index (κ2) is 17.8. The minimum Gasteiger partial charge on any atom is -0.458 e. The maximum absolute atomic E-state index is 14.9. The van der Waals surface area contributed by atoms with Crippen LogP contribution in [0, 0.1) is 24.2 Å². The molecule has 0 spiro atoms. The molecule has 0 radical (unpaired) electrons. The highest BCUT2D eigenvalue weighted by Gasteiger charge is 2.49. The molecule has 1 N–H and O–H groups in total. The highest BCUT2D eigenvalue weighted by atomic mass is 32.1. The Bertz CT molecular complexity index is 1210. The first-order valence-corrected chi connectivity index (χ1v) is 25.0. The number of ketones is 1. The van der Waals surface area contributed by atoms with Crippen LogP contribution in [-0.2, 0) is 23.2 Å². The SMILES string of the molecule is CC[Si](CC)(CC)O[C@H]1[C@@H](C)CCC[C@H]2NC2CC(/C(C)=C/c2csc(C)n2)OC(=O)C[C@H](O[Si](CC)(CC)CC)C(C)(C)C(=O)[C@@H]1C. The van der Waals surface area contributed by atoms with Gasteiger partial charge in [0.15, 0.2) is 16.6 Å². The number of nitrogens with one attached hydrogen (secondary N) is 1. The molecule has 1 aromatic heterocycles. The number of hydrogen-bond donors (Lipinski definition) is 1. The lowest BCUT2D eigenvalue weighted by molar-refractivity contribution is -0.153. The molecule has 2 unspecified atom stereocenters. The molecule has 2 aliphatic rings. The summed E-state index contributed by atoms with van der Waals surface area (Å²) in [7, 11) is -4.18. The van der Waals surface area contributed by atoms with Crippen LogP contribution in [-0.4, -0.2) is 63.8 Å². The summed E-state index contributed by atoms with van der Waals surface area (Å²) in [4.78, 5) is 33.5. The molecule has 7 nitrogen and oxygen atoms in total. The Labute approximate surface area is 299 Å². The first kappa shape index (κ1) is 41.2. The summed E-state index contributed by atoms with van der Waals surface area (Å²) >= 11 is 1.62. The van der Waals surface area contributed by atoms with E-state index in [9.17, 15) is 9.59 Å². The van der Waals surface area contributed by atoms with Crippen molar-refractivity contribution in [3.8, 4) is 0 Å². The predicted octanol–water partition coefficient (Wildman–Crippen LogP) is 9.72. The van der Waals surface area contributed by atoms with E-state index in [1.807, 2.05) is 33.1 Å². The molecule has 1 aromatic rings. The molecule has 0 saturated carbocycles.